The van der Waals surface area contributed by atoms with E-state index in [1.54, 1.807) is 0 Å². The average molecular weight is 448 g/mol. The second-order valence-corrected chi connectivity index (χ2v) is 9.70. The molecule has 0 bridgehead atoms. The summed E-state index contributed by atoms with van der Waals surface area (Å²) in [6.45, 7) is 0. The first-order valence-electron chi connectivity index (χ1n) is 9.93. The Hall–Kier alpha value is -3.46. The molecule has 0 saturated heterocycles. The zero-order chi connectivity index (χ0) is 19.7. The van der Waals surface area contributed by atoms with Gasteiger partial charge in [-0.15, -0.1) is 0 Å². The molecule has 0 N–H and O–H groups in total. The summed E-state index contributed by atoms with van der Waals surface area (Å²) in [6.07, 6.45) is 5.71. The van der Waals surface area contributed by atoms with Crippen molar-refractivity contribution in [2.75, 3.05) is 0 Å². The van der Waals surface area contributed by atoms with Crippen LogP contribution in [0.3, 0.4) is 0 Å². The van der Waals surface area contributed by atoms with Crippen molar-refractivity contribution in [3.63, 3.8) is 0 Å². The Morgan fingerprint density at radius 3 is 2.40 bits per heavy atom. The van der Waals surface area contributed by atoms with Gasteiger partial charge in [0.05, 0.1) is 0 Å². The molecule has 0 amide bonds. The van der Waals surface area contributed by atoms with Gasteiger partial charge >= 0.3 is 178 Å². The molecule has 30 heavy (non-hydrogen) atoms. The molecule has 0 aliphatic carbocycles. The molecule has 4 aromatic heterocycles. The molecule has 3 aromatic carbocycles. The van der Waals surface area contributed by atoms with Gasteiger partial charge in [0.1, 0.15) is 0 Å². The molecule has 0 aliphatic rings. The third kappa shape index (κ3) is 2.05. The first-order valence-corrected chi connectivity index (χ1v) is 11.6. The van der Waals surface area contributed by atoms with Gasteiger partial charge in [-0.05, 0) is 0 Å². The number of hydrogen-bond acceptors (Lipinski definition) is 2. The second kappa shape index (κ2) is 6.02. The van der Waals surface area contributed by atoms with Crippen LogP contribution in [0.4, 0.5) is 0 Å². The van der Waals surface area contributed by atoms with Gasteiger partial charge in [-0.2, -0.15) is 0 Å². The number of fused-ring (bicyclic) bond motifs is 10. The standard InChI is InChI=1S/C26H15N3Se/c1-3-11-20-17(8-1)22-19-10-6-14-28-24(19)26-23(18-9-2-4-12-21(18)30-26)25(22)29(20)16-7-5-13-27-15-16/h1-15H. The summed E-state index contributed by atoms with van der Waals surface area (Å²) in [6, 6.07) is 26.0. The molecule has 0 atom stereocenters. The molecule has 0 fully saturated rings. The summed E-state index contributed by atoms with van der Waals surface area (Å²) in [7, 11) is 0. The minimum atomic E-state index is 0.239. The summed E-state index contributed by atoms with van der Waals surface area (Å²) in [5.41, 5.74) is 4.71. The maximum absolute atomic E-state index is 4.87. The van der Waals surface area contributed by atoms with Crippen molar-refractivity contribution in [1.82, 2.24) is 14.5 Å². The first-order chi connectivity index (χ1) is 14.9. The van der Waals surface area contributed by atoms with Gasteiger partial charge in [0.2, 0.25) is 0 Å². The van der Waals surface area contributed by atoms with Crippen molar-refractivity contribution in [3.05, 3.63) is 91.4 Å². The molecule has 0 aliphatic heterocycles. The van der Waals surface area contributed by atoms with Crippen molar-refractivity contribution >= 4 is 66.5 Å². The summed E-state index contributed by atoms with van der Waals surface area (Å²) in [5, 5.41) is 6.46. The number of aromatic nitrogens is 3. The van der Waals surface area contributed by atoms with E-state index >= 15 is 0 Å². The molecule has 0 saturated carbocycles. The van der Waals surface area contributed by atoms with Gasteiger partial charge < -0.3 is 0 Å². The Morgan fingerprint density at radius 2 is 1.50 bits per heavy atom. The van der Waals surface area contributed by atoms with Crippen molar-refractivity contribution in [1.29, 1.82) is 0 Å². The van der Waals surface area contributed by atoms with Gasteiger partial charge in [0.15, 0.2) is 0 Å². The van der Waals surface area contributed by atoms with Crippen LogP contribution in [0.15, 0.2) is 91.4 Å². The van der Waals surface area contributed by atoms with Crippen LogP contribution in [0.2, 0.25) is 0 Å². The molecule has 3 nitrogen and oxygen atoms in total. The Balaban J connectivity index is 1.91. The number of benzene rings is 3. The van der Waals surface area contributed by atoms with Crippen LogP contribution in [0.25, 0.3) is 57.7 Å². The first kappa shape index (κ1) is 16.3. The van der Waals surface area contributed by atoms with Crippen molar-refractivity contribution in [2.24, 2.45) is 0 Å². The van der Waals surface area contributed by atoms with Crippen LogP contribution >= 0.6 is 0 Å². The summed E-state index contributed by atoms with van der Waals surface area (Å²) in [5.74, 6) is 0. The monoisotopic (exact) mass is 449 g/mol. The molecule has 4 heteroatoms. The molecule has 7 aromatic rings. The van der Waals surface area contributed by atoms with Gasteiger partial charge in [-0.3, -0.25) is 0 Å². The van der Waals surface area contributed by atoms with Gasteiger partial charge in [0, 0.05) is 0 Å². The molecule has 0 unspecified atom stereocenters. The van der Waals surface area contributed by atoms with Crippen molar-refractivity contribution in [2.45, 2.75) is 0 Å². The fourth-order valence-corrected chi connectivity index (χ4v) is 7.29. The number of hydrogen-bond donors (Lipinski definition) is 0. The van der Waals surface area contributed by atoms with E-state index in [1.807, 2.05) is 24.7 Å². The van der Waals surface area contributed by atoms with Crippen LogP contribution in [0.1, 0.15) is 0 Å². The van der Waals surface area contributed by atoms with E-state index in [1.165, 1.54) is 46.5 Å². The van der Waals surface area contributed by atoms with Crippen molar-refractivity contribution in [3.8, 4) is 5.69 Å². The zero-order valence-electron chi connectivity index (χ0n) is 15.9. The fourth-order valence-electron chi connectivity index (χ4n) is 4.74. The third-order valence-corrected chi connectivity index (χ3v) is 8.37. The molecule has 4 heterocycles. The quantitative estimate of drug-likeness (QED) is 0.285. The van der Waals surface area contributed by atoms with Crippen LogP contribution in [-0.2, 0) is 0 Å². The summed E-state index contributed by atoms with van der Waals surface area (Å²) < 4.78 is 5.21. The number of rotatable bonds is 1. The van der Waals surface area contributed by atoms with E-state index in [0.717, 1.165) is 11.2 Å². The minimum absolute atomic E-state index is 0.239. The third-order valence-electron chi connectivity index (χ3n) is 5.90. The summed E-state index contributed by atoms with van der Waals surface area (Å²) in [4.78, 5) is 9.29. The van der Waals surface area contributed by atoms with E-state index in [4.69, 9.17) is 4.98 Å². The molecule has 0 spiro atoms. The number of nitrogens with zero attached hydrogens (tertiary/aromatic N) is 3. The Labute approximate surface area is 178 Å². The van der Waals surface area contributed by atoms with E-state index < -0.39 is 0 Å². The Kier molecular flexibility index (Phi) is 3.28. The van der Waals surface area contributed by atoms with Crippen LogP contribution in [0, 0.1) is 0 Å². The second-order valence-electron chi connectivity index (χ2n) is 7.49. The topological polar surface area (TPSA) is 30.7 Å². The zero-order valence-corrected chi connectivity index (χ0v) is 17.6. The van der Waals surface area contributed by atoms with Crippen LogP contribution < -0.4 is 0 Å². The van der Waals surface area contributed by atoms with Crippen molar-refractivity contribution < 1.29 is 0 Å². The van der Waals surface area contributed by atoms with Crippen LogP contribution in [0.5, 0.6) is 0 Å². The maximum atomic E-state index is 4.87. The SMILES string of the molecule is c1cncc(-n2c3ccccc3c3c4cccnc4c4[se]c5ccccc5c4c32)c1. The predicted octanol–water partition coefficient (Wildman–Crippen LogP) is 6.09. The fraction of sp³-hybridized carbons (Fsp3) is 0. The average Bonchev–Trinajstić information content (AvgIpc) is 3.36. The molecule has 0 radical (unpaired) electrons. The summed E-state index contributed by atoms with van der Waals surface area (Å²) >= 11 is 0.239. The van der Waals surface area contributed by atoms with E-state index in [2.05, 4.69) is 76.3 Å². The van der Waals surface area contributed by atoms with E-state index in [0.29, 0.717) is 0 Å². The van der Waals surface area contributed by atoms with Gasteiger partial charge in [-0.1, -0.05) is 0 Å². The molecular weight excluding hydrogens is 433 g/mol. The van der Waals surface area contributed by atoms with Gasteiger partial charge in [-0.25, -0.2) is 0 Å². The van der Waals surface area contributed by atoms with E-state index in [9.17, 15) is 0 Å². The number of pyridine rings is 2. The Bertz CT molecular complexity index is 1740. The number of para-hydroxylation sites is 1. The van der Waals surface area contributed by atoms with Gasteiger partial charge in [0.25, 0.3) is 0 Å². The van der Waals surface area contributed by atoms with E-state index in [-0.39, 0.29) is 14.5 Å². The predicted molar refractivity (Wildman–Crippen MR) is 126 cm³/mol. The molecule has 140 valence electrons. The van der Waals surface area contributed by atoms with Crippen LogP contribution in [-0.4, -0.2) is 29.0 Å². The molecular formula is C26H15N3Se. The normalized spacial score (nSPS) is 12.0. The molecule has 7 rings (SSSR count). The Morgan fingerprint density at radius 1 is 0.700 bits per heavy atom.